The van der Waals surface area contributed by atoms with Gasteiger partial charge in [0.25, 0.3) is 5.69 Å². The van der Waals surface area contributed by atoms with Crippen LogP contribution in [0.15, 0.2) is 48.5 Å². The van der Waals surface area contributed by atoms with Crippen LogP contribution in [0.1, 0.15) is 40.9 Å². The van der Waals surface area contributed by atoms with E-state index in [1.807, 2.05) is 26.0 Å². The molecule has 0 bridgehead atoms. The van der Waals surface area contributed by atoms with Crippen LogP contribution in [-0.2, 0) is 6.42 Å². The summed E-state index contributed by atoms with van der Waals surface area (Å²) in [6.07, 6.45) is 2.01. The van der Waals surface area contributed by atoms with Gasteiger partial charge < -0.3 is 5.32 Å². The first-order valence-corrected chi connectivity index (χ1v) is 8.12. The molecule has 1 aliphatic rings. The van der Waals surface area contributed by atoms with E-state index in [1.165, 1.54) is 12.1 Å². The molecule has 0 fully saturated rings. The first kappa shape index (κ1) is 17.4. The van der Waals surface area contributed by atoms with E-state index in [9.17, 15) is 14.9 Å². The molecular formula is C20H17N3O3. The van der Waals surface area contributed by atoms with Crippen LogP contribution in [-0.4, -0.2) is 16.2 Å². The zero-order chi connectivity index (χ0) is 18.9. The van der Waals surface area contributed by atoms with Crippen LogP contribution in [0, 0.1) is 21.4 Å². The maximum absolute atomic E-state index is 12.6. The van der Waals surface area contributed by atoms with Gasteiger partial charge in [-0.15, -0.1) is 0 Å². The number of allylic oxidation sites excluding steroid dienone is 1. The van der Waals surface area contributed by atoms with E-state index in [1.54, 1.807) is 30.3 Å². The summed E-state index contributed by atoms with van der Waals surface area (Å²) in [7, 11) is 0. The zero-order valence-corrected chi connectivity index (χ0v) is 14.4. The largest absolute Gasteiger partial charge is 0.379 e. The molecule has 2 aromatic carbocycles. The van der Waals surface area contributed by atoms with Gasteiger partial charge in [0.05, 0.1) is 27.8 Å². The van der Waals surface area contributed by atoms with Crippen LogP contribution in [0.3, 0.4) is 0 Å². The molecule has 1 aliphatic heterocycles. The molecule has 2 aromatic rings. The van der Waals surface area contributed by atoms with E-state index in [-0.39, 0.29) is 17.0 Å². The third-order valence-corrected chi connectivity index (χ3v) is 4.27. The number of fused-ring (bicyclic) bond motifs is 1. The quantitative estimate of drug-likeness (QED) is 0.396. The highest BCUT2D eigenvalue weighted by molar-refractivity contribution is 6.09. The zero-order valence-electron chi connectivity index (χ0n) is 14.4. The van der Waals surface area contributed by atoms with Gasteiger partial charge in [-0.2, -0.15) is 5.26 Å². The standard InChI is InChI=1S/C20H17N3O3/c1-20(2)11-15-4-3-5-17(23(25)26)19(15)16(22-20)10-18(24)14-8-6-13(12-21)7-9-14/h3-10,22H,11H2,1-2H3/b16-10-. The number of rotatable bonds is 3. The van der Waals surface area contributed by atoms with Crippen LogP contribution in [0.5, 0.6) is 0 Å². The van der Waals surface area contributed by atoms with Crippen molar-refractivity contribution in [2.24, 2.45) is 0 Å². The molecule has 0 saturated carbocycles. The molecule has 0 spiro atoms. The normalized spacial score (nSPS) is 16.3. The number of nitro groups is 1. The number of ketones is 1. The summed E-state index contributed by atoms with van der Waals surface area (Å²) in [5.74, 6) is -0.279. The summed E-state index contributed by atoms with van der Waals surface area (Å²) in [5.41, 5.74) is 2.26. The minimum atomic E-state index is -0.432. The summed E-state index contributed by atoms with van der Waals surface area (Å²) in [5, 5.41) is 23.5. The van der Waals surface area contributed by atoms with Crippen molar-refractivity contribution in [1.29, 1.82) is 5.26 Å². The molecule has 0 atom stereocenters. The summed E-state index contributed by atoms with van der Waals surface area (Å²) in [4.78, 5) is 23.7. The maximum Gasteiger partial charge on any atom is 0.278 e. The number of hydrogen-bond acceptors (Lipinski definition) is 5. The van der Waals surface area contributed by atoms with Gasteiger partial charge in [-0.1, -0.05) is 12.1 Å². The Morgan fingerprint density at radius 2 is 1.96 bits per heavy atom. The number of nitriles is 1. The SMILES string of the molecule is CC1(C)Cc2cccc([N+](=O)[O-])c2/C(=C/C(=O)c2ccc(C#N)cc2)N1. The van der Waals surface area contributed by atoms with E-state index in [4.69, 9.17) is 5.26 Å². The Hall–Kier alpha value is -3.46. The van der Waals surface area contributed by atoms with Gasteiger partial charge in [0, 0.05) is 23.2 Å². The average Bonchev–Trinajstić information content (AvgIpc) is 2.60. The minimum absolute atomic E-state index is 0.0237. The number of nitrogens with one attached hydrogen (secondary N) is 1. The van der Waals surface area contributed by atoms with Crippen LogP contribution in [0.2, 0.25) is 0 Å². The molecule has 0 aromatic heterocycles. The highest BCUT2D eigenvalue weighted by atomic mass is 16.6. The number of nitro benzene ring substituents is 1. The molecular weight excluding hydrogens is 330 g/mol. The second-order valence-electron chi connectivity index (χ2n) is 6.87. The Balaban J connectivity index is 2.09. The molecule has 1 heterocycles. The molecule has 6 heteroatoms. The number of carbonyl (C=O) groups is 1. The fourth-order valence-electron chi connectivity index (χ4n) is 3.18. The molecule has 26 heavy (non-hydrogen) atoms. The first-order chi connectivity index (χ1) is 12.3. The molecule has 130 valence electrons. The lowest BCUT2D eigenvalue weighted by Gasteiger charge is -2.35. The predicted octanol–water partition coefficient (Wildman–Crippen LogP) is 3.61. The van der Waals surface area contributed by atoms with Gasteiger partial charge in [0.15, 0.2) is 5.78 Å². The van der Waals surface area contributed by atoms with Gasteiger partial charge in [-0.25, -0.2) is 0 Å². The first-order valence-electron chi connectivity index (χ1n) is 8.12. The number of hydrogen-bond donors (Lipinski definition) is 1. The summed E-state index contributed by atoms with van der Waals surface area (Å²) in [6.45, 7) is 3.96. The Bertz CT molecular complexity index is 967. The van der Waals surface area contributed by atoms with Crippen molar-refractivity contribution in [3.8, 4) is 6.07 Å². The van der Waals surface area contributed by atoms with E-state index >= 15 is 0 Å². The molecule has 0 amide bonds. The smallest absolute Gasteiger partial charge is 0.278 e. The van der Waals surface area contributed by atoms with Gasteiger partial charge in [-0.05, 0) is 50.1 Å². The van der Waals surface area contributed by atoms with Gasteiger partial charge in [0.2, 0.25) is 0 Å². The Kier molecular flexibility index (Phi) is 4.31. The van der Waals surface area contributed by atoms with Crippen molar-refractivity contribution in [2.75, 3.05) is 0 Å². The van der Waals surface area contributed by atoms with Crippen molar-refractivity contribution >= 4 is 17.2 Å². The lowest BCUT2D eigenvalue weighted by atomic mass is 9.84. The Morgan fingerprint density at radius 3 is 2.58 bits per heavy atom. The van der Waals surface area contributed by atoms with Gasteiger partial charge in [0.1, 0.15) is 0 Å². The number of benzene rings is 2. The van der Waals surface area contributed by atoms with E-state index in [0.717, 1.165) is 5.56 Å². The molecule has 3 rings (SSSR count). The lowest BCUT2D eigenvalue weighted by Crippen LogP contribution is -2.44. The third-order valence-electron chi connectivity index (χ3n) is 4.27. The fraction of sp³-hybridized carbons (Fsp3) is 0.200. The van der Waals surface area contributed by atoms with Crippen LogP contribution in [0.25, 0.3) is 5.70 Å². The molecule has 1 N–H and O–H groups in total. The molecule has 0 unspecified atom stereocenters. The van der Waals surface area contributed by atoms with Crippen molar-refractivity contribution in [2.45, 2.75) is 25.8 Å². The van der Waals surface area contributed by atoms with Gasteiger partial charge in [-0.3, -0.25) is 14.9 Å². The molecule has 0 saturated heterocycles. The number of carbonyl (C=O) groups excluding carboxylic acids is 1. The topological polar surface area (TPSA) is 96.0 Å². The van der Waals surface area contributed by atoms with E-state index < -0.39 is 4.92 Å². The second kappa shape index (κ2) is 6.45. The fourth-order valence-corrected chi connectivity index (χ4v) is 3.18. The molecule has 0 aliphatic carbocycles. The summed E-state index contributed by atoms with van der Waals surface area (Å²) < 4.78 is 0. The van der Waals surface area contributed by atoms with Gasteiger partial charge >= 0.3 is 0 Å². The Morgan fingerprint density at radius 1 is 1.27 bits per heavy atom. The minimum Gasteiger partial charge on any atom is -0.379 e. The van der Waals surface area contributed by atoms with E-state index in [0.29, 0.717) is 28.8 Å². The van der Waals surface area contributed by atoms with Crippen molar-refractivity contribution in [1.82, 2.24) is 5.32 Å². The maximum atomic E-state index is 12.6. The Labute approximate surface area is 150 Å². The van der Waals surface area contributed by atoms with Crippen molar-refractivity contribution in [3.63, 3.8) is 0 Å². The predicted molar refractivity (Wildman–Crippen MR) is 97.5 cm³/mol. The van der Waals surface area contributed by atoms with Crippen LogP contribution in [0.4, 0.5) is 5.69 Å². The average molecular weight is 347 g/mol. The number of nitrogens with zero attached hydrogens (tertiary/aromatic N) is 2. The van der Waals surface area contributed by atoms with Crippen LogP contribution >= 0.6 is 0 Å². The molecule has 6 nitrogen and oxygen atoms in total. The molecule has 0 radical (unpaired) electrons. The third kappa shape index (κ3) is 3.33. The van der Waals surface area contributed by atoms with E-state index in [2.05, 4.69) is 5.32 Å². The highest BCUT2D eigenvalue weighted by Crippen LogP contribution is 2.35. The van der Waals surface area contributed by atoms with Crippen LogP contribution < -0.4 is 5.32 Å². The monoisotopic (exact) mass is 347 g/mol. The van der Waals surface area contributed by atoms with Crippen molar-refractivity contribution < 1.29 is 9.72 Å². The summed E-state index contributed by atoms with van der Waals surface area (Å²) in [6, 6.07) is 13.3. The summed E-state index contributed by atoms with van der Waals surface area (Å²) >= 11 is 0. The van der Waals surface area contributed by atoms with Crippen molar-refractivity contribution in [3.05, 3.63) is 80.9 Å². The lowest BCUT2D eigenvalue weighted by molar-refractivity contribution is -0.385. The second-order valence-corrected chi connectivity index (χ2v) is 6.87. The highest BCUT2D eigenvalue weighted by Gasteiger charge is 2.32.